The zero-order valence-corrected chi connectivity index (χ0v) is 10.1. The molecule has 1 rings (SSSR count). The van der Waals surface area contributed by atoms with Crippen molar-refractivity contribution in [2.24, 2.45) is 4.99 Å². The maximum absolute atomic E-state index is 10.8. The van der Waals surface area contributed by atoms with E-state index < -0.39 is 6.09 Å². The lowest BCUT2D eigenvalue weighted by atomic mass is 10.4. The van der Waals surface area contributed by atoms with Crippen LogP contribution in [0.2, 0.25) is 0 Å². The first-order chi connectivity index (χ1) is 6.74. The van der Waals surface area contributed by atoms with Crippen molar-refractivity contribution in [1.29, 1.82) is 0 Å². The van der Waals surface area contributed by atoms with Crippen molar-refractivity contribution in [1.82, 2.24) is 0 Å². The SMILES string of the molecule is COC(=O)N=CC(C)=S1CCCCS1. The van der Waals surface area contributed by atoms with Crippen LogP contribution < -0.4 is 0 Å². The number of hydrogen-bond donors (Lipinski definition) is 0. The Morgan fingerprint density at radius 2 is 2.36 bits per heavy atom. The molecule has 0 aromatic rings. The molecule has 1 atom stereocenters. The molecule has 0 saturated carbocycles. The van der Waals surface area contributed by atoms with Crippen molar-refractivity contribution >= 4 is 37.5 Å². The highest BCUT2D eigenvalue weighted by molar-refractivity contribution is 8.84. The summed E-state index contributed by atoms with van der Waals surface area (Å²) in [5.74, 6) is 2.45. The van der Waals surface area contributed by atoms with Gasteiger partial charge < -0.3 is 4.74 Å². The number of amides is 1. The van der Waals surface area contributed by atoms with E-state index in [4.69, 9.17) is 0 Å². The second kappa shape index (κ2) is 6.24. The predicted molar refractivity (Wildman–Crippen MR) is 65.7 cm³/mol. The van der Waals surface area contributed by atoms with Crippen molar-refractivity contribution in [3.05, 3.63) is 0 Å². The summed E-state index contributed by atoms with van der Waals surface area (Å²) in [6.45, 7) is 2.04. The van der Waals surface area contributed by atoms with Gasteiger partial charge in [-0.1, -0.05) is 0 Å². The number of nitrogens with zero attached hydrogens (tertiary/aromatic N) is 1. The number of carbonyl (C=O) groups excluding carboxylic acids is 1. The van der Waals surface area contributed by atoms with Crippen LogP contribution in [0.1, 0.15) is 19.8 Å². The first kappa shape index (κ1) is 11.8. The highest BCUT2D eigenvalue weighted by atomic mass is 33.1. The molecule has 0 aliphatic carbocycles. The number of aliphatic imine (C=N–C) groups is 1. The molecule has 0 aromatic carbocycles. The van der Waals surface area contributed by atoms with Crippen LogP contribution in [0.4, 0.5) is 4.79 Å². The maximum atomic E-state index is 10.8. The van der Waals surface area contributed by atoms with E-state index in [-0.39, 0.29) is 9.52 Å². The molecule has 1 unspecified atom stereocenters. The molecule has 0 spiro atoms. The van der Waals surface area contributed by atoms with Crippen molar-refractivity contribution in [3.63, 3.8) is 0 Å². The Bertz CT molecular complexity index is 266. The summed E-state index contributed by atoms with van der Waals surface area (Å²) >= 11 is 0. The van der Waals surface area contributed by atoms with E-state index in [9.17, 15) is 4.79 Å². The largest absolute Gasteiger partial charge is 0.451 e. The van der Waals surface area contributed by atoms with Crippen LogP contribution in [0.25, 0.3) is 0 Å². The van der Waals surface area contributed by atoms with Gasteiger partial charge in [-0.3, -0.25) is 0 Å². The monoisotopic (exact) mass is 233 g/mol. The van der Waals surface area contributed by atoms with Crippen LogP contribution in [0.5, 0.6) is 0 Å². The number of methoxy groups -OCH3 is 1. The van der Waals surface area contributed by atoms with E-state index in [1.54, 1.807) is 6.21 Å². The fourth-order valence-corrected chi connectivity index (χ4v) is 5.20. The molecule has 80 valence electrons. The van der Waals surface area contributed by atoms with Crippen molar-refractivity contribution in [2.45, 2.75) is 19.8 Å². The molecular formula is C9H15NO2S2. The Kier molecular flexibility index (Phi) is 5.25. The van der Waals surface area contributed by atoms with Gasteiger partial charge in [-0.05, 0) is 25.5 Å². The Labute approximate surface area is 90.6 Å². The minimum atomic E-state index is -0.519. The van der Waals surface area contributed by atoms with Gasteiger partial charge in [0.1, 0.15) is 0 Å². The van der Waals surface area contributed by atoms with E-state index in [1.807, 2.05) is 17.7 Å². The first-order valence-corrected chi connectivity index (χ1v) is 7.43. The van der Waals surface area contributed by atoms with Crippen LogP contribution in [0.3, 0.4) is 0 Å². The highest BCUT2D eigenvalue weighted by Gasteiger charge is 2.06. The van der Waals surface area contributed by atoms with Crippen LogP contribution in [-0.2, 0) is 4.74 Å². The Morgan fingerprint density at radius 1 is 1.57 bits per heavy atom. The van der Waals surface area contributed by atoms with Gasteiger partial charge in [0.15, 0.2) is 0 Å². The lowest BCUT2D eigenvalue weighted by Gasteiger charge is -2.15. The average Bonchev–Trinajstić information content (AvgIpc) is 2.26. The molecule has 5 heteroatoms. The molecule has 3 nitrogen and oxygen atoms in total. The third kappa shape index (κ3) is 3.84. The minimum absolute atomic E-state index is 0.268. The third-order valence-corrected chi connectivity index (χ3v) is 6.70. The van der Waals surface area contributed by atoms with Crippen LogP contribution >= 0.6 is 20.3 Å². The predicted octanol–water partition coefficient (Wildman–Crippen LogP) is 2.73. The van der Waals surface area contributed by atoms with Gasteiger partial charge in [0.2, 0.25) is 0 Å². The highest BCUT2D eigenvalue weighted by Crippen LogP contribution is 2.37. The lowest BCUT2D eigenvalue weighted by molar-refractivity contribution is 0.183. The van der Waals surface area contributed by atoms with E-state index >= 15 is 0 Å². The topological polar surface area (TPSA) is 38.7 Å². The molecule has 0 bridgehead atoms. The number of carbonyl (C=O) groups is 1. The van der Waals surface area contributed by atoms with Gasteiger partial charge in [-0.2, -0.15) is 4.99 Å². The molecule has 0 radical (unpaired) electrons. The second-order valence-electron chi connectivity index (χ2n) is 2.92. The summed E-state index contributed by atoms with van der Waals surface area (Å²) in [4.78, 5) is 15.6. The van der Waals surface area contributed by atoms with Gasteiger partial charge >= 0.3 is 6.09 Å². The van der Waals surface area contributed by atoms with E-state index in [0.717, 1.165) is 0 Å². The van der Waals surface area contributed by atoms with Crippen molar-refractivity contribution < 1.29 is 9.53 Å². The van der Waals surface area contributed by atoms with Crippen LogP contribution in [0.15, 0.2) is 4.99 Å². The Hall–Kier alpha value is -0.290. The summed E-state index contributed by atoms with van der Waals surface area (Å²) in [5, 5.41) is 0. The molecular weight excluding hydrogens is 218 g/mol. The van der Waals surface area contributed by atoms with Gasteiger partial charge in [0.25, 0.3) is 0 Å². The molecule has 1 fully saturated rings. The second-order valence-corrected chi connectivity index (χ2v) is 7.22. The fourth-order valence-electron chi connectivity index (χ4n) is 1.06. The van der Waals surface area contributed by atoms with Gasteiger partial charge in [0.05, 0.1) is 7.11 Å². The van der Waals surface area contributed by atoms with Crippen molar-refractivity contribution in [3.8, 4) is 0 Å². The molecule has 1 aliphatic heterocycles. The van der Waals surface area contributed by atoms with Crippen LogP contribution in [-0.4, -0.2) is 35.8 Å². The zero-order chi connectivity index (χ0) is 10.4. The van der Waals surface area contributed by atoms with E-state index in [2.05, 4.69) is 9.73 Å². The number of ether oxygens (including phenoxy) is 1. The molecule has 1 saturated heterocycles. The number of rotatable bonds is 1. The average molecular weight is 233 g/mol. The van der Waals surface area contributed by atoms with Crippen LogP contribution in [0, 0.1) is 0 Å². The lowest BCUT2D eigenvalue weighted by Crippen LogP contribution is -2.02. The Morgan fingerprint density at radius 3 is 2.93 bits per heavy atom. The smallest absolute Gasteiger partial charge is 0.433 e. The molecule has 0 N–H and O–H groups in total. The normalized spacial score (nSPS) is 23.6. The quantitative estimate of drug-likeness (QED) is 0.397. The summed E-state index contributed by atoms with van der Waals surface area (Å²) in [5.41, 5.74) is 0. The number of hydrogen-bond acceptors (Lipinski definition) is 3. The third-order valence-electron chi connectivity index (χ3n) is 1.84. The molecule has 1 heterocycles. The van der Waals surface area contributed by atoms with Gasteiger partial charge in [-0.15, -0.1) is 20.3 Å². The summed E-state index contributed by atoms with van der Waals surface area (Å²) in [7, 11) is 3.59. The summed E-state index contributed by atoms with van der Waals surface area (Å²) in [6.07, 6.45) is 3.73. The molecule has 1 aliphatic rings. The van der Waals surface area contributed by atoms with E-state index in [1.165, 1.54) is 36.3 Å². The summed E-state index contributed by atoms with van der Waals surface area (Å²) < 4.78 is 4.43. The molecule has 1 amide bonds. The minimum Gasteiger partial charge on any atom is -0.451 e. The van der Waals surface area contributed by atoms with Gasteiger partial charge in [-0.25, -0.2) is 4.79 Å². The van der Waals surface area contributed by atoms with E-state index in [0.29, 0.717) is 0 Å². The standard InChI is InChI=1S/C9H15NO2S2/c1-8(7-10-9(11)12-2)14-6-4-3-5-13-14/h7H,3-6H2,1-2H3. The summed E-state index contributed by atoms with van der Waals surface area (Å²) in [6, 6.07) is 0. The zero-order valence-electron chi connectivity index (χ0n) is 8.49. The molecule has 0 aromatic heterocycles. The van der Waals surface area contributed by atoms with Crippen molar-refractivity contribution in [2.75, 3.05) is 18.6 Å². The molecule has 14 heavy (non-hydrogen) atoms. The fraction of sp³-hybridized carbons (Fsp3) is 0.667. The maximum Gasteiger partial charge on any atom is 0.433 e. The first-order valence-electron chi connectivity index (χ1n) is 4.54. The van der Waals surface area contributed by atoms with Gasteiger partial charge in [0, 0.05) is 16.8 Å². The Balaban J connectivity index is 2.57.